The average molecular weight is 315 g/mol. The van der Waals surface area contributed by atoms with E-state index in [2.05, 4.69) is 28.9 Å². The van der Waals surface area contributed by atoms with Gasteiger partial charge in [-0.05, 0) is 49.5 Å². The van der Waals surface area contributed by atoms with Crippen molar-refractivity contribution in [1.82, 2.24) is 9.88 Å². The number of rotatable bonds is 8. The van der Waals surface area contributed by atoms with Crippen molar-refractivity contribution >= 4 is 5.71 Å². The van der Waals surface area contributed by atoms with E-state index in [1.807, 2.05) is 12.1 Å². The predicted molar refractivity (Wildman–Crippen MR) is 90.0 cm³/mol. The van der Waals surface area contributed by atoms with Crippen molar-refractivity contribution in [1.29, 1.82) is 0 Å². The molecule has 0 saturated carbocycles. The van der Waals surface area contributed by atoms with E-state index in [0.717, 1.165) is 30.8 Å². The molecule has 0 N–H and O–H groups in total. The largest absolute Gasteiger partial charge is 0.394 e. The van der Waals surface area contributed by atoms with Crippen LogP contribution in [-0.2, 0) is 4.84 Å². The van der Waals surface area contributed by atoms with E-state index in [1.54, 1.807) is 24.5 Å². The van der Waals surface area contributed by atoms with E-state index in [1.165, 1.54) is 12.1 Å². The second-order valence-electron chi connectivity index (χ2n) is 5.05. The first kappa shape index (κ1) is 17.1. The minimum atomic E-state index is -0.276. The molecule has 0 aliphatic carbocycles. The first-order valence-electron chi connectivity index (χ1n) is 7.83. The van der Waals surface area contributed by atoms with Crippen molar-refractivity contribution in [3.8, 4) is 0 Å². The number of benzene rings is 1. The lowest BCUT2D eigenvalue weighted by Crippen LogP contribution is -2.26. The fraction of sp³-hybridized carbons (Fsp3) is 0.333. The Hall–Kier alpha value is -2.27. The van der Waals surface area contributed by atoms with Gasteiger partial charge in [0.25, 0.3) is 0 Å². The minimum absolute atomic E-state index is 0.276. The Morgan fingerprint density at radius 1 is 1.13 bits per heavy atom. The minimum Gasteiger partial charge on any atom is -0.394 e. The predicted octanol–water partition coefficient (Wildman–Crippen LogP) is 3.33. The molecule has 0 bridgehead atoms. The molecular formula is C18H22FN3O. The molecule has 1 heterocycles. The summed E-state index contributed by atoms with van der Waals surface area (Å²) < 4.78 is 13.1. The smallest absolute Gasteiger partial charge is 0.129 e. The Kier molecular flexibility index (Phi) is 6.69. The Balaban J connectivity index is 2.14. The molecule has 2 aromatic rings. The van der Waals surface area contributed by atoms with Gasteiger partial charge in [-0.15, -0.1) is 0 Å². The summed E-state index contributed by atoms with van der Waals surface area (Å²) in [5.74, 6) is -0.276. The molecule has 0 saturated heterocycles. The van der Waals surface area contributed by atoms with E-state index < -0.39 is 0 Å². The summed E-state index contributed by atoms with van der Waals surface area (Å²) in [6, 6.07) is 9.95. The quantitative estimate of drug-likeness (QED) is 0.426. The molecule has 1 aromatic heterocycles. The zero-order valence-corrected chi connectivity index (χ0v) is 13.6. The normalized spacial score (nSPS) is 11.7. The second kappa shape index (κ2) is 9.00. The Morgan fingerprint density at radius 3 is 2.48 bits per heavy atom. The highest BCUT2D eigenvalue weighted by Crippen LogP contribution is 2.11. The maximum atomic E-state index is 13.1. The Labute approximate surface area is 136 Å². The molecule has 0 unspecified atom stereocenters. The monoisotopic (exact) mass is 315 g/mol. The van der Waals surface area contributed by atoms with Crippen LogP contribution in [0.25, 0.3) is 0 Å². The number of oxime groups is 1. The van der Waals surface area contributed by atoms with Gasteiger partial charge in [-0.25, -0.2) is 4.39 Å². The van der Waals surface area contributed by atoms with Gasteiger partial charge < -0.3 is 9.74 Å². The summed E-state index contributed by atoms with van der Waals surface area (Å²) in [7, 11) is 0. The molecule has 2 rings (SSSR count). The summed E-state index contributed by atoms with van der Waals surface area (Å²) in [5.41, 5.74) is 2.28. The first-order valence-corrected chi connectivity index (χ1v) is 7.83. The van der Waals surface area contributed by atoms with Gasteiger partial charge in [-0.3, -0.25) is 4.98 Å². The third-order valence-electron chi connectivity index (χ3n) is 3.60. The lowest BCUT2D eigenvalue weighted by molar-refractivity contribution is 0.114. The van der Waals surface area contributed by atoms with E-state index in [4.69, 9.17) is 4.84 Å². The molecule has 4 nitrogen and oxygen atoms in total. The summed E-state index contributed by atoms with van der Waals surface area (Å²) >= 11 is 0. The van der Waals surface area contributed by atoms with E-state index in [-0.39, 0.29) is 5.82 Å². The number of halogens is 1. The van der Waals surface area contributed by atoms with Crippen molar-refractivity contribution in [2.45, 2.75) is 13.8 Å². The molecule has 122 valence electrons. The van der Waals surface area contributed by atoms with Crippen LogP contribution < -0.4 is 0 Å². The third-order valence-corrected chi connectivity index (χ3v) is 3.60. The Bertz CT molecular complexity index is 610. The molecule has 5 heteroatoms. The zero-order chi connectivity index (χ0) is 16.5. The molecule has 0 atom stereocenters. The SMILES string of the molecule is CCN(CC)CCON=C(c1ccc(F)cc1)c1cccnc1. The number of nitrogens with zero attached hydrogens (tertiary/aromatic N) is 3. The molecule has 0 spiro atoms. The van der Waals surface area contributed by atoms with E-state index in [9.17, 15) is 4.39 Å². The lowest BCUT2D eigenvalue weighted by Gasteiger charge is -2.16. The molecule has 1 aromatic carbocycles. The first-order chi connectivity index (χ1) is 11.2. The molecule has 0 amide bonds. The van der Waals surface area contributed by atoms with Gasteiger partial charge in [0.05, 0.1) is 0 Å². The van der Waals surface area contributed by atoms with Crippen molar-refractivity contribution < 1.29 is 9.23 Å². The maximum Gasteiger partial charge on any atom is 0.129 e. The van der Waals surface area contributed by atoms with Crippen molar-refractivity contribution in [2.24, 2.45) is 5.16 Å². The fourth-order valence-corrected chi connectivity index (χ4v) is 2.20. The number of likely N-dealkylation sites (N-methyl/N-ethyl adjacent to an activating group) is 1. The maximum absolute atomic E-state index is 13.1. The van der Waals surface area contributed by atoms with Crippen LogP contribution in [0.2, 0.25) is 0 Å². The highest BCUT2D eigenvalue weighted by molar-refractivity contribution is 6.12. The average Bonchev–Trinajstić information content (AvgIpc) is 2.60. The van der Waals surface area contributed by atoms with Crippen LogP contribution in [0.4, 0.5) is 4.39 Å². The van der Waals surface area contributed by atoms with Gasteiger partial charge in [0.1, 0.15) is 18.1 Å². The summed E-state index contributed by atoms with van der Waals surface area (Å²) in [4.78, 5) is 11.9. The van der Waals surface area contributed by atoms with Crippen LogP contribution in [0, 0.1) is 5.82 Å². The van der Waals surface area contributed by atoms with Gasteiger partial charge >= 0.3 is 0 Å². The zero-order valence-electron chi connectivity index (χ0n) is 13.6. The van der Waals surface area contributed by atoms with Gasteiger partial charge in [0.15, 0.2) is 0 Å². The van der Waals surface area contributed by atoms with Crippen molar-refractivity contribution in [3.05, 3.63) is 65.7 Å². The summed E-state index contributed by atoms with van der Waals surface area (Å²) in [6.07, 6.45) is 3.42. The van der Waals surface area contributed by atoms with Crippen molar-refractivity contribution in [3.63, 3.8) is 0 Å². The topological polar surface area (TPSA) is 37.7 Å². The highest BCUT2D eigenvalue weighted by atomic mass is 19.1. The molecule has 0 radical (unpaired) electrons. The molecule has 0 aliphatic rings. The highest BCUT2D eigenvalue weighted by Gasteiger charge is 2.09. The molecule has 0 fully saturated rings. The van der Waals surface area contributed by atoms with Crippen LogP contribution in [0.15, 0.2) is 53.9 Å². The standard InChI is InChI=1S/C18H22FN3O/c1-3-22(4-2)12-13-23-21-18(16-6-5-11-20-14-16)15-7-9-17(19)10-8-15/h5-11,14H,3-4,12-13H2,1-2H3. The third kappa shape index (κ3) is 5.14. The summed E-state index contributed by atoms with van der Waals surface area (Å²) in [5, 5.41) is 4.26. The van der Waals surface area contributed by atoms with Crippen LogP contribution in [-0.4, -0.2) is 41.8 Å². The molecule has 23 heavy (non-hydrogen) atoms. The molecule has 0 aliphatic heterocycles. The van der Waals surface area contributed by atoms with Crippen LogP contribution >= 0.6 is 0 Å². The number of aromatic nitrogens is 1. The van der Waals surface area contributed by atoms with Crippen molar-refractivity contribution in [2.75, 3.05) is 26.2 Å². The van der Waals surface area contributed by atoms with Crippen LogP contribution in [0.5, 0.6) is 0 Å². The molecular weight excluding hydrogens is 293 g/mol. The number of hydrogen-bond donors (Lipinski definition) is 0. The Morgan fingerprint density at radius 2 is 1.87 bits per heavy atom. The van der Waals surface area contributed by atoms with Gasteiger partial charge in [0, 0.05) is 30.1 Å². The van der Waals surface area contributed by atoms with Gasteiger partial charge in [0.2, 0.25) is 0 Å². The lowest BCUT2D eigenvalue weighted by atomic mass is 10.0. The van der Waals surface area contributed by atoms with E-state index >= 15 is 0 Å². The van der Waals surface area contributed by atoms with Gasteiger partial charge in [-0.1, -0.05) is 19.0 Å². The number of hydrogen-bond acceptors (Lipinski definition) is 4. The summed E-state index contributed by atoms with van der Waals surface area (Å²) in [6.45, 7) is 7.53. The van der Waals surface area contributed by atoms with Gasteiger partial charge in [-0.2, -0.15) is 0 Å². The van der Waals surface area contributed by atoms with Crippen LogP contribution in [0.1, 0.15) is 25.0 Å². The van der Waals surface area contributed by atoms with Crippen LogP contribution in [0.3, 0.4) is 0 Å². The second-order valence-corrected chi connectivity index (χ2v) is 5.05. The van der Waals surface area contributed by atoms with E-state index in [0.29, 0.717) is 12.3 Å². The fourth-order valence-electron chi connectivity index (χ4n) is 2.20. The number of pyridine rings is 1.